The number of hydrogen-bond acceptors (Lipinski definition) is 1. The molecule has 1 aliphatic rings. The molecule has 1 aliphatic carbocycles. The van der Waals surface area contributed by atoms with Crippen LogP contribution in [0.15, 0.2) is 54.7 Å². The third-order valence-corrected chi connectivity index (χ3v) is 5.74. The van der Waals surface area contributed by atoms with E-state index in [0.29, 0.717) is 6.04 Å². The van der Waals surface area contributed by atoms with Crippen molar-refractivity contribution in [2.24, 2.45) is 0 Å². The number of fused-ring (bicyclic) bond motifs is 1. The molecule has 1 N–H and O–H groups in total. The minimum Gasteiger partial charge on any atom is -0.343 e. The van der Waals surface area contributed by atoms with E-state index < -0.39 is 0 Å². The lowest BCUT2D eigenvalue weighted by Crippen LogP contribution is -2.27. The van der Waals surface area contributed by atoms with Crippen LogP contribution in [0.1, 0.15) is 55.2 Å². The molecule has 1 heterocycles. The van der Waals surface area contributed by atoms with E-state index in [1.165, 1.54) is 66.1 Å². The fourth-order valence-corrected chi connectivity index (χ4v) is 4.34. The molecule has 0 unspecified atom stereocenters. The summed E-state index contributed by atoms with van der Waals surface area (Å²) >= 11 is 0. The summed E-state index contributed by atoms with van der Waals surface area (Å²) in [4.78, 5) is 0. The van der Waals surface area contributed by atoms with Crippen LogP contribution in [0.4, 0.5) is 0 Å². The molecule has 2 nitrogen and oxygen atoms in total. The molecule has 0 atom stereocenters. The molecule has 0 spiro atoms. The molecule has 4 rings (SSSR count). The molecule has 0 aliphatic heterocycles. The van der Waals surface area contributed by atoms with E-state index in [1.54, 1.807) is 0 Å². The van der Waals surface area contributed by atoms with Gasteiger partial charge >= 0.3 is 0 Å². The minimum atomic E-state index is 0.691. The second kappa shape index (κ2) is 8.09. The highest BCUT2D eigenvalue weighted by Gasteiger charge is 2.14. The van der Waals surface area contributed by atoms with E-state index >= 15 is 0 Å². The smallest absolute Gasteiger partial charge is 0.0486 e. The summed E-state index contributed by atoms with van der Waals surface area (Å²) in [5.41, 5.74) is 5.47. The van der Waals surface area contributed by atoms with Crippen LogP contribution in [-0.4, -0.2) is 10.6 Å². The zero-order valence-corrected chi connectivity index (χ0v) is 15.9. The van der Waals surface area contributed by atoms with Crippen LogP contribution in [-0.2, 0) is 13.1 Å². The zero-order valence-electron chi connectivity index (χ0n) is 15.9. The van der Waals surface area contributed by atoms with Crippen molar-refractivity contribution in [2.75, 3.05) is 0 Å². The average Bonchev–Trinajstić information content (AvgIpc) is 2.82. The van der Waals surface area contributed by atoms with Gasteiger partial charge in [0.1, 0.15) is 0 Å². The van der Waals surface area contributed by atoms with Crippen LogP contribution in [0.25, 0.3) is 10.9 Å². The summed E-state index contributed by atoms with van der Waals surface area (Å²) in [5.74, 6) is 0. The van der Waals surface area contributed by atoms with Crippen LogP contribution in [0.3, 0.4) is 0 Å². The Balaban J connectivity index is 1.55. The average molecular weight is 347 g/mol. The maximum atomic E-state index is 3.84. The Hall–Kier alpha value is -2.06. The fourth-order valence-electron chi connectivity index (χ4n) is 4.34. The number of benzene rings is 2. The molecule has 26 heavy (non-hydrogen) atoms. The van der Waals surface area contributed by atoms with Gasteiger partial charge in [0.15, 0.2) is 0 Å². The fraction of sp³-hybridized carbons (Fsp3) is 0.417. The highest BCUT2D eigenvalue weighted by molar-refractivity contribution is 5.84. The molecule has 0 radical (unpaired) electrons. The summed E-state index contributed by atoms with van der Waals surface area (Å²) in [6.07, 6.45) is 10.6. The second-order valence-electron chi connectivity index (χ2n) is 7.86. The number of nitrogens with one attached hydrogen (secondary N) is 1. The highest BCUT2D eigenvalue weighted by Crippen LogP contribution is 2.24. The zero-order chi connectivity index (χ0) is 17.8. The SMILES string of the molecule is Cc1cccc(Cn2cc(CNC3CCCCCC3)c3ccccc32)c1. The maximum Gasteiger partial charge on any atom is 0.0486 e. The molecule has 1 fully saturated rings. The van der Waals surface area contributed by atoms with Gasteiger partial charge in [-0.3, -0.25) is 0 Å². The van der Waals surface area contributed by atoms with Gasteiger partial charge in [0.25, 0.3) is 0 Å². The topological polar surface area (TPSA) is 17.0 Å². The van der Waals surface area contributed by atoms with E-state index in [-0.39, 0.29) is 0 Å². The van der Waals surface area contributed by atoms with Crippen LogP contribution in [0, 0.1) is 6.92 Å². The standard InChI is InChI=1S/C24H30N2/c1-19-9-8-10-20(15-19)17-26-18-21(23-13-6-7-14-24(23)26)16-25-22-11-4-2-3-5-12-22/h6-10,13-15,18,22,25H,2-5,11-12,16-17H2,1H3. The number of aryl methyl sites for hydroxylation is 1. The first-order valence-corrected chi connectivity index (χ1v) is 10.2. The van der Waals surface area contributed by atoms with Gasteiger partial charge in [-0.15, -0.1) is 0 Å². The summed E-state index contributed by atoms with van der Waals surface area (Å²) < 4.78 is 2.41. The van der Waals surface area contributed by atoms with Crippen LogP contribution >= 0.6 is 0 Å². The van der Waals surface area contributed by atoms with Crippen molar-refractivity contribution in [1.29, 1.82) is 0 Å². The van der Waals surface area contributed by atoms with Gasteiger partial charge in [0.2, 0.25) is 0 Å². The highest BCUT2D eigenvalue weighted by atomic mass is 15.0. The molecular weight excluding hydrogens is 316 g/mol. The lowest BCUT2D eigenvalue weighted by molar-refractivity contribution is 0.459. The first-order chi connectivity index (χ1) is 12.8. The van der Waals surface area contributed by atoms with E-state index in [0.717, 1.165) is 13.1 Å². The van der Waals surface area contributed by atoms with Crippen LogP contribution in [0.5, 0.6) is 0 Å². The van der Waals surface area contributed by atoms with Crippen molar-refractivity contribution in [2.45, 2.75) is 64.6 Å². The van der Waals surface area contributed by atoms with Gasteiger partial charge in [-0.05, 0) is 37.0 Å². The molecule has 136 valence electrons. The van der Waals surface area contributed by atoms with Gasteiger partial charge < -0.3 is 9.88 Å². The first-order valence-electron chi connectivity index (χ1n) is 10.2. The summed E-state index contributed by atoms with van der Waals surface area (Å²) in [6, 6.07) is 18.4. The van der Waals surface area contributed by atoms with E-state index in [4.69, 9.17) is 0 Å². The van der Waals surface area contributed by atoms with Gasteiger partial charge in [0, 0.05) is 36.2 Å². The molecule has 2 heteroatoms. The molecule has 0 amide bonds. The molecule has 1 aromatic heterocycles. The Morgan fingerprint density at radius 2 is 1.77 bits per heavy atom. The largest absolute Gasteiger partial charge is 0.343 e. The van der Waals surface area contributed by atoms with E-state index in [2.05, 4.69) is 71.5 Å². The Labute approximate surface area is 157 Å². The molecule has 3 aromatic rings. The van der Waals surface area contributed by atoms with Gasteiger partial charge in [-0.1, -0.05) is 73.7 Å². The Kier molecular flexibility index (Phi) is 5.40. The van der Waals surface area contributed by atoms with E-state index in [1.807, 2.05) is 0 Å². The third kappa shape index (κ3) is 4.02. The molecule has 0 bridgehead atoms. The maximum absolute atomic E-state index is 3.84. The van der Waals surface area contributed by atoms with Crippen molar-refractivity contribution in [3.05, 3.63) is 71.4 Å². The van der Waals surface area contributed by atoms with Gasteiger partial charge in [0.05, 0.1) is 0 Å². The monoisotopic (exact) mass is 346 g/mol. The number of hydrogen-bond donors (Lipinski definition) is 1. The number of rotatable bonds is 5. The Morgan fingerprint density at radius 1 is 0.962 bits per heavy atom. The lowest BCUT2D eigenvalue weighted by atomic mass is 10.1. The third-order valence-electron chi connectivity index (χ3n) is 5.74. The van der Waals surface area contributed by atoms with Crippen molar-refractivity contribution < 1.29 is 0 Å². The van der Waals surface area contributed by atoms with Crippen LogP contribution < -0.4 is 5.32 Å². The first kappa shape index (κ1) is 17.4. The minimum absolute atomic E-state index is 0.691. The number of nitrogens with zero attached hydrogens (tertiary/aromatic N) is 1. The lowest BCUT2D eigenvalue weighted by Gasteiger charge is -2.15. The molecular formula is C24H30N2. The normalized spacial score (nSPS) is 16.0. The van der Waals surface area contributed by atoms with Crippen molar-refractivity contribution in [3.63, 3.8) is 0 Å². The van der Waals surface area contributed by atoms with Crippen molar-refractivity contribution in [3.8, 4) is 0 Å². The Morgan fingerprint density at radius 3 is 2.58 bits per heavy atom. The number of aromatic nitrogens is 1. The van der Waals surface area contributed by atoms with E-state index in [9.17, 15) is 0 Å². The van der Waals surface area contributed by atoms with Crippen molar-refractivity contribution >= 4 is 10.9 Å². The predicted molar refractivity (Wildman–Crippen MR) is 111 cm³/mol. The Bertz CT molecular complexity index is 854. The van der Waals surface area contributed by atoms with Gasteiger partial charge in [-0.25, -0.2) is 0 Å². The molecule has 2 aromatic carbocycles. The summed E-state index contributed by atoms with van der Waals surface area (Å²) in [5, 5.41) is 5.23. The quantitative estimate of drug-likeness (QED) is 0.577. The second-order valence-corrected chi connectivity index (χ2v) is 7.86. The van der Waals surface area contributed by atoms with Crippen LogP contribution in [0.2, 0.25) is 0 Å². The summed E-state index contributed by atoms with van der Waals surface area (Å²) in [7, 11) is 0. The van der Waals surface area contributed by atoms with Gasteiger partial charge in [-0.2, -0.15) is 0 Å². The van der Waals surface area contributed by atoms with Crippen molar-refractivity contribution in [1.82, 2.24) is 9.88 Å². The number of para-hydroxylation sites is 1. The predicted octanol–water partition coefficient (Wildman–Crippen LogP) is 5.81. The molecule has 0 saturated heterocycles. The molecule has 1 saturated carbocycles. The summed E-state index contributed by atoms with van der Waals surface area (Å²) in [6.45, 7) is 4.08.